The van der Waals surface area contributed by atoms with E-state index in [1.165, 1.54) is 6.42 Å². The molecule has 0 saturated carbocycles. The number of carbonyl (C=O) groups excluding carboxylic acids is 1. The fourth-order valence-electron chi connectivity index (χ4n) is 3.18. The minimum atomic E-state index is 0.164. The predicted molar refractivity (Wildman–Crippen MR) is 68.6 cm³/mol. The molecular formula is C14H18N2O. The van der Waals surface area contributed by atoms with Gasteiger partial charge in [-0.1, -0.05) is 12.1 Å². The number of carbonyl (C=O) groups is 1. The quantitative estimate of drug-likeness (QED) is 0.724. The maximum absolute atomic E-state index is 11.7. The third kappa shape index (κ3) is 1.65. The summed E-state index contributed by atoms with van der Waals surface area (Å²) >= 11 is 0. The summed E-state index contributed by atoms with van der Waals surface area (Å²) in [6.45, 7) is 3.83. The van der Waals surface area contributed by atoms with Gasteiger partial charge in [-0.3, -0.25) is 9.69 Å². The molecule has 2 aliphatic rings. The minimum absolute atomic E-state index is 0.164. The van der Waals surface area contributed by atoms with Crippen molar-refractivity contribution in [2.24, 2.45) is 0 Å². The molecule has 0 aliphatic carbocycles. The van der Waals surface area contributed by atoms with Crippen molar-refractivity contribution >= 4 is 11.5 Å². The van der Waals surface area contributed by atoms with Crippen LogP contribution in [0.5, 0.6) is 0 Å². The summed E-state index contributed by atoms with van der Waals surface area (Å²) < 4.78 is 0. The van der Waals surface area contributed by atoms with Gasteiger partial charge in [-0.05, 0) is 32.5 Å². The van der Waals surface area contributed by atoms with Crippen molar-refractivity contribution < 1.29 is 4.79 Å². The first-order chi connectivity index (χ1) is 8.16. The summed E-state index contributed by atoms with van der Waals surface area (Å²) in [6, 6.07) is 9.24. The predicted octanol–water partition coefficient (Wildman–Crippen LogP) is 1.78. The number of para-hydroxylation sites is 1. The topological polar surface area (TPSA) is 23.6 Å². The number of fused-ring (bicyclic) bond motifs is 2. The van der Waals surface area contributed by atoms with Gasteiger partial charge in [-0.2, -0.15) is 0 Å². The van der Waals surface area contributed by atoms with Crippen LogP contribution >= 0.6 is 0 Å². The molecule has 3 rings (SSSR count). The van der Waals surface area contributed by atoms with E-state index in [1.54, 1.807) is 6.92 Å². The van der Waals surface area contributed by atoms with Gasteiger partial charge in [-0.25, -0.2) is 0 Å². The van der Waals surface area contributed by atoms with Crippen LogP contribution in [0.4, 0.5) is 5.69 Å². The normalized spacial score (nSPS) is 27.8. The van der Waals surface area contributed by atoms with Crippen molar-refractivity contribution in [1.29, 1.82) is 0 Å². The van der Waals surface area contributed by atoms with Crippen molar-refractivity contribution in [2.75, 3.05) is 25.0 Å². The van der Waals surface area contributed by atoms with E-state index in [9.17, 15) is 4.79 Å². The Morgan fingerprint density at radius 3 is 2.59 bits per heavy atom. The van der Waals surface area contributed by atoms with Crippen molar-refractivity contribution in [1.82, 2.24) is 4.90 Å². The summed E-state index contributed by atoms with van der Waals surface area (Å²) in [5.74, 6) is 0.164. The molecule has 1 aromatic rings. The fourth-order valence-corrected chi connectivity index (χ4v) is 3.18. The second-order valence-electron chi connectivity index (χ2n) is 5.21. The molecule has 3 heteroatoms. The Labute approximate surface area is 102 Å². The number of rotatable bonds is 2. The largest absolute Gasteiger partial charge is 0.365 e. The molecule has 0 amide bonds. The number of likely N-dealkylation sites (N-methyl/N-ethyl adjacent to an activating group) is 1. The lowest BCUT2D eigenvalue weighted by Crippen LogP contribution is -2.45. The van der Waals surface area contributed by atoms with Gasteiger partial charge in [0, 0.05) is 36.4 Å². The highest BCUT2D eigenvalue weighted by Gasteiger charge is 2.42. The average Bonchev–Trinajstić information content (AvgIpc) is 2.87. The molecule has 1 aromatic carbocycles. The van der Waals surface area contributed by atoms with Gasteiger partial charge < -0.3 is 4.90 Å². The molecule has 0 spiro atoms. The number of benzene rings is 1. The lowest BCUT2D eigenvalue weighted by Gasteiger charge is -2.34. The number of likely N-dealkylation sites (tertiary alicyclic amines) is 1. The molecule has 2 heterocycles. The van der Waals surface area contributed by atoms with Gasteiger partial charge in [0.05, 0.1) is 0 Å². The highest BCUT2D eigenvalue weighted by Crippen LogP contribution is 2.35. The average molecular weight is 230 g/mol. The third-order valence-electron chi connectivity index (χ3n) is 4.11. The molecule has 0 aromatic heterocycles. The highest BCUT2D eigenvalue weighted by atomic mass is 16.1. The fraction of sp³-hybridized carbons (Fsp3) is 0.500. The van der Waals surface area contributed by atoms with Crippen molar-refractivity contribution in [2.45, 2.75) is 25.4 Å². The van der Waals surface area contributed by atoms with Crippen LogP contribution in [0.3, 0.4) is 0 Å². The van der Waals surface area contributed by atoms with Crippen molar-refractivity contribution in [3.63, 3.8) is 0 Å². The van der Waals surface area contributed by atoms with Crippen LogP contribution in [-0.4, -0.2) is 42.9 Å². The molecule has 3 nitrogen and oxygen atoms in total. The third-order valence-corrected chi connectivity index (χ3v) is 4.11. The number of ketones is 1. The Morgan fingerprint density at radius 2 is 2.00 bits per heavy atom. The zero-order valence-corrected chi connectivity index (χ0v) is 10.4. The maximum Gasteiger partial charge on any atom is 0.161 e. The van der Waals surface area contributed by atoms with E-state index in [0.29, 0.717) is 12.1 Å². The van der Waals surface area contributed by atoms with Crippen LogP contribution < -0.4 is 4.90 Å². The van der Waals surface area contributed by atoms with Gasteiger partial charge in [0.25, 0.3) is 0 Å². The van der Waals surface area contributed by atoms with E-state index < -0.39 is 0 Å². The van der Waals surface area contributed by atoms with Gasteiger partial charge in [0.1, 0.15) is 0 Å². The van der Waals surface area contributed by atoms with Gasteiger partial charge in [0.15, 0.2) is 5.78 Å². The second kappa shape index (κ2) is 3.84. The molecule has 90 valence electrons. The standard InChI is InChI=1S/C14H18N2O/c1-10(17)13-5-3-4-6-14(13)16-9-11-7-12(16)8-15(11)2/h3-6,11-12H,7-9H2,1-2H3. The molecule has 2 fully saturated rings. The molecule has 17 heavy (non-hydrogen) atoms. The molecule has 2 atom stereocenters. The Kier molecular flexibility index (Phi) is 2.44. The molecule has 2 bridgehead atoms. The monoisotopic (exact) mass is 230 g/mol. The van der Waals surface area contributed by atoms with E-state index >= 15 is 0 Å². The molecule has 0 N–H and O–H groups in total. The number of anilines is 1. The van der Waals surface area contributed by atoms with Crippen LogP contribution in [0.1, 0.15) is 23.7 Å². The number of hydrogen-bond acceptors (Lipinski definition) is 3. The summed E-state index contributed by atoms with van der Waals surface area (Å²) in [5, 5.41) is 0. The van der Waals surface area contributed by atoms with E-state index in [1.807, 2.05) is 18.2 Å². The second-order valence-corrected chi connectivity index (χ2v) is 5.21. The zero-order valence-electron chi connectivity index (χ0n) is 10.4. The molecule has 2 saturated heterocycles. The minimum Gasteiger partial charge on any atom is -0.365 e. The van der Waals surface area contributed by atoms with Crippen LogP contribution in [0.15, 0.2) is 24.3 Å². The first-order valence-electron chi connectivity index (χ1n) is 6.23. The van der Waals surface area contributed by atoms with Gasteiger partial charge in [0.2, 0.25) is 0 Å². The van der Waals surface area contributed by atoms with Crippen molar-refractivity contribution in [3.8, 4) is 0 Å². The number of piperazine rings is 1. The molecule has 2 unspecified atom stereocenters. The van der Waals surface area contributed by atoms with E-state index in [2.05, 4.69) is 22.9 Å². The number of Topliss-reactive ketones (excluding diaryl/α,β-unsaturated/α-hetero) is 1. The van der Waals surface area contributed by atoms with E-state index in [4.69, 9.17) is 0 Å². The Balaban J connectivity index is 1.94. The SMILES string of the molecule is CC(=O)c1ccccc1N1CC2CC1CN2C. The first kappa shape index (κ1) is 10.8. The van der Waals surface area contributed by atoms with Crippen LogP contribution in [0, 0.1) is 0 Å². The summed E-state index contributed by atoms with van der Waals surface area (Å²) in [4.78, 5) is 16.5. The van der Waals surface area contributed by atoms with E-state index in [0.717, 1.165) is 24.3 Å². The van der Waals surface area contributed by atoms with Crippen LogP contribution in [0.2, 0.25) is 0 Å². The Bertz CT molecular complexity index is 455. The van der Waals surface area contributed by atoms with Gasteiger partial charge >= 0.3 is 0 Å². The Morgan fingerprint density at radius 1 is 1.24 bits per heavy atom. The summed E-state index contributed by atoms with van der Waals surface area (Å²) in [7, 11) is 2.19. The zero-order chi connectivity index (χ0) is 12.0. The Hall–Kier alpha value is -1.35. The lowest BCUT2D eigenvalue weighted by atomic mass is 10.1. The van der Waals surface area contributed by atoms with Crippen LogP contribution in [-0.2, 0) is 0 Å². The van der Waals surface area contributed by atoms with E-state index in [-0.39, 0.29) is 5.78 Å². The molecule has 2 aliphatic heterocycles. The van der Waals surface area contributed by atoms with Crippen LogP contribution in [0.25, 0.3) is 0 Å². The van der Waals surface area contributed by atoms with Gasteiger partial charge in [-0.15, -0.1) is 0 Å². The lowest BCUT2D eigenvalue weighted by molar-refractivity contribution is 0.101. The van der Waals surface area contributed by atoms with Crippen molar-refractivity contribution in [3.05, 3.63) is 29.8 Å². The smallest absolute Gasteiger partial charge is 0.161 e. The molecule has 0 radical (unpaired) electrons. The number of hydrogen-bond donors (Lipinski definition) is 0. The first-order valence-corrected chi connectivity index (χ1v) is 6.23. The maximum atomic E-state index is 11.7. The number of nitrogens with zero attached hydrogens (tertiary/aromatic N) is 2. The summed E-state index contributed by atoms with van der Waals surface area (Å²) in [5.41, 5.74) is 1.99. The summed E-state index contributed by atoms with van der Waals surface area (Å²) in [6.07, 6.45) is 1.24. The molecular weight excluding hydrogens is 212 g/mol. The highest BCUT2D eigenvalue weighted by molar-refractivity contribution is 5.99.